The van der Waals surface area contributed by atoms with Crippen LogP contribution in [0.3, 0.4) is 0 Å². The normalized spacial score (nSPS) is 10.6. The van der Waals surface area contributed by atoms with Gasteiger partial charge in [0.1, 0.15) is 0 Å². The molecule has 3 rings (SSSR count). The molecule has 1 amide bonds. The molecule has 1 aromatic carbocycles. The number of benzene rings is 1. The summed E-state index contributed by atoms with van der Waals surface area (Å²) in [6.07, 6.45) is 1.46. The van der Waals surface area contributed by atoms with Crippen molar-refractivity contribution in [1.82, 2.24) is 25.1 Å². The number of nitrogens with zero attached hydrogens (tertiary/aromatic N) is 4. The predicted octanol–water partition coefficient (Wildman–Crippen LogP) is 1.97. The van der Waals surface area contributed by atoms with Crippen LogP contribution in [0.25, 0.3) is 11.3 Å². The summed E-state index contributed by atoms with van der Waals surface area (Å²) in [7, 11) is 0. The largest absolute Gasteiger partial charge is 0.368 e. The lowest BCUT2D eigenvalue weighted by atomic mass is 10.1. The van der Waals surface area contributed by atoms with Crippen molar-refractivity contribution < 1.29 is 4.79 Å². The third-order valence-electron chi connectivity index (χ3n) is 3.81. The van der Waals surface area contributed by atoms with Crippen LogP contribution in [0.15, 0.2) is 42.6 Å². The molecular weight excluding hydrogens is 316 g/mol. The molecule has 25 heavy (non-hydrogen) atoms. The number of hydrogen-bond acceptors (Lipinski definition) is 5. The summed E-state index contributed by atoms with van der Waals surface area (Å²) < 4.78 is 1.87. The molecule has 7 heteroatoms. The van der Waals surface area contributed by atoms with E-state index in [9.17, 15) is 4.79 Å². The van der Waals surface area contributed by atoms with Gasteiger partial charge in [-0.3, -0.25) is 9.48 Å². The van der Waals surface area contributed by atoms with E-state index < -0.39 is 0 Å². The standard InChI is InChI=1S/C18H20N6O/c1-12-10-13(2)24(23-12)9-8-20-17(25)15-11-21-18(19)22-16(15)14-6-4-3-5-7-14/h3-7,10-11H,8-9H2,1-2H3,(H,20,25)(H2,19,21,22). The first-order chi connectivity index (χ1) is 12.0. The molecule has 7 nitrogen and oxygen atoms in total. The van der Waals surface area contributed by atoms with Crippen molar-refractivity contribution in [3.05, 3.63) is 59.5 Å². The Balaban J connectivity index is 1.75. The third kappa shape index (κ3) is 3.82. The summed E-state index contributed by atoms with van der Waals surface area (Å²) in [5.41, 5.74) is 9.46. The van der Waals surface area contributed by atoms with Crippen molar-refractivity contribution in [1.29, 1.82) is 0 Å². The van der Waals surface area contributed by atoms with Crippen molar-refractivity contribution in [2.75, 3.05) is 12.3 Å². The molecule has 0 fully saturated rings. The number of nitrogens with two attached hydrogens (primary N) is 1. The van der Waals surface area contributed by atoms with Crippen LogP contribution in [0.4, 0.5) is 5.95 Å². The predicted molar refractivity (Wildman–Crippen MR) is 95.9 cm³/mol. The Labute approximate surface area is 145 Å². The van der Waals surface area contributed by atoms with Gasteiger partial charge in [-0.2, -0.15) is 5.10 Å². The molecular formula is C18H20N6O. The number of anilines is 1. The lowest BCUT2D eigenvalue weighted by Gasteiger charge is -2.10. The Morgan fingerprint density at radius 1 is 1.24 bits per heavy atom. The quantitative estimate of drug-likeness (QED) is 0.742. The number of hydrogen-bond donors (Lipinski definition) is 2. The zero-order valence-corrected chi connectivity index (χ0v) is 14.2. The number of aryl methyl sites for hydroxylation is 2. The highest BCUT2D eigenvalue weighted by Crippen LogP contribution is 2.21. The molecule has 3 N–H and O–H groups in total. The van der Waals surface area contributed by atoms with Gasteiger partial charge >= 0.3 is 0 Å². The number of rotatable bonds is 5. The highest BCUT2D eigenvalue weighted by atomic mass is 16.1. The number of nitrogen functional groups attached to an aromatic ring is 1. The van der Waals surface area contributed by atoms with Gasteiger partial charge in [-0.25, -0.2) is 9.97 Å². The van der Waals surface area contributed by atoms with Gasteiger partial charge in [0.2, 0.25) is 5.95 Å². The number of aromatic nitrogens is 4. The van der Waals surface area contributed by atoms with E-state index in [2.05, 4.69) is 20.4 Å². The Morgan fingerprint density at radius 3 is 2.68 bits per heavy atom. The number of amides is 1. The minimum absolute atomic E-state index is 0.137. The molecule has 0 radical (unpaired) electrons. The summed E-state index contributed by atoms with van der Waals surface area (Å²) in [5, 5.41) is 7.27. The van der Waals surface area contributed by atoms with E-state index in [1.54, 1.807) is 0 Å². The van der Waals surface area contributed by atoms with Crippen molar-refractivity contribution in [2.45, 2.75) is 20.4 Å². The lowest BCUT2D eigenvalue weighted by molar-refractivity contribution is 0.0952. The molecule has 0 aliphatic heterocycles. The van der Waals surface area contributed by atoms with Crippen molar-refractivity contribution in [2.24, 2.45) is 0 Å². The number of carbonyl (C=O) groups is 1. The molecule has 0 saturated heterocycles. The van der Waals surface area contributed by atoms with Gasteiger partial charge in [0.05, 0.1) is 23.5 Å². The van der Waals surface area contributed by atoms with Crippen molar-refractivity contribution in [3.63, 3.8) is 0 Å². The minimum Gasteiger partial charge on any atom is -0.368 e. The van der Waals surface area contributed by atoms with Crippen LogP contribution >= 0.6 is 0 Å². The van der Waals surface area contributed by atoms with E-state index in [0.29, 0.717) is 24.3 Å². The molecule has 0 aliphatic carbocycles. The van der Waals surface area contributed by atoms with Gasteiger partial charge in [-0.15, -0.1) is 0 Å². The van der Waals surface area contributed by atoms with Gasteiger partial charge in [0, 0.05) is 24.0 Å². The van der Waals surface area contributed by atoms with E-state index in [0.717, 1.165) is 17.0 Å². The summed E-state index contributed by atoms with van der Waals surface area (Å²) in [4.78, 5) is 20.8. The molecule has 0 saturated carbocycles. The molecule has 0 unspecified atom stereocenters. The second-order valence-electron chi connectivity index (χ2n) is 5.76. The second-order valence-corrected chi connectivity index (χ2v) is 5.76. The SMILES string of the molecule is Cc1cc(C)n(CCNC(=O)c2cnc(N)nc2-c2ccccc2)n1. The zero-order valence-electron chi connectivity index (χ0n) is 14.2. The van der Waals surface area contributed by atoms with Crippen LogP contribution in [0.1, 0.15) is 21.7 Å². The Hall–Kier alpha value is -3.22. The van der Waals surface area contributed by atoms with Crippen LogP contribution in [-0.2, 0) is 6.54 Å². The lowest BCUT2D eigenvalue weighted by Crippen LogP contribution is -2.28. The van der Waals surface area contributed by atoms with Crippen LogP contribution < -0.4 is 11.1 Å². The highest BCUT2D eigenvalue weighted by molar-refractivity contribution is 5.99. The molecule has 128 valence electrons. The monoisotopic (exact) mass is 336 g/mol. The van der Waals surface area contributed by atoms with E-state index in [1.807, 2.05) is 54.9 Å². The fraction of sp³-hybridized carbons (Fsp3) is 0.222. The van der Waals surface area contributed by atoms with Crippen molar-refractivity contribution in [3.8, 4) is 11.3 Å². The summed E-state index contributed by atoms with van der Waals surface area (Å²) in [5.74, 6) is -0.0987. The maximum atomic E-state index is 12.6. The Morgan fingerprint density at radius 2 is 2.00 bits per heavy atom. The number of carbonyl (C=O) groups excluding carboxylic acids is 1. The third-order valence-corrected chi connectivity index (χ3v) is 3.81. The molecule has 3 aromatic rings. The first-order valence-corrected chi connectivity index (χ1v) is 8.02. The van der Waals surface area contributed by atoms with Crippen LogP contribution in [0, 0.1) is 13.8 Å². The molecule has 2 heterocycles. The van der Waals surface area contributed by atoms with Gasteiger partial charge in [0.15, 0.2) is 0 Å². The maximum Gasteiger partial charge on any atom is 0.255 e. The first-order valence-electron chi connectivity index (χ1n) is 8.02. The van der Waals surface area contributed by atoms with Gasteiger partial charge < -0.3 is 11.1 Å². The minimum atomic E-state index is -0.236. The molecule has 0 spiro atoms. The smallest absolute Gasteiger partial charge is 0.255 e. The molecule has 0 atom stereocenters. The average Bonchev–Trinajstić information content (AvgIpc) is 2.93. The highest BCUT2D eigenvalue weighted by Gasteiger charge is 2.15. The number of nitrogens with one attached hydrogen (secondary N) is 1. The summed E-state index contributed by atoms with van der Waals surface area (Å²) >= 11 is 0. The van der Waals surface area contributed by atoms with E-state index in [4.69, 9.17) is 5.73 Å². The summed E-state index contributed by atoms with van der Waals surface area (Å²) in [6, 6.07) is 11.4. The summed E-state index contributed by atoms with van der Waals surface area (Å²) in [6.45, 7) is 4.99. The topological polar surface area (TPSA) is 98.7 Å². The van der Waals surface area contributed by atoms with Crippen LogP contribution in [0.5, 0.6) is 0 Å². The van der Waals surface area contributed by atoms with Crippen molar-refractivity contribution >= 4 is 11.9 Å². The van der Waals surface area contributed by atoms with Crippen LogP contribution in [-0.4, -0.2) is 32.2 Å². The maximum absolute atomic E-state index is 12.6. The van der Waals surface area contributed by atoms with Gasteiger partial charge in [-0.1, -0.05) is 30.3 Å². The first kappa shape index (κ1) is 16.6. The molecule has 0 aliphatic rings. The Kier molecular flexibility index (Phi) is 4.74. The fourth-order valence-corrected chi connectivity index (χ4v) is 2.65. The zero-order chi connectivity index (χ0) is 17.8. The Bertz CT molecular complexity index is 888. The fourth-order valence-electron chi connectivity index (χ4n) is 2.65. The van der Waals surface area contributed by atoms with E-state index >= 15 is 0 Å². The molecule has 2 aromatic heterocycles. The molecule has 0 bridgehead atoms. The van der Waals surface area contributed by atoms with Gasteiger partial charge in [0.25, 0.3) is 5.91 Å². The van der Waals surface area contributed by atoms with Crippen LogP contribution in [0.2, 0.25) is 0 Å². The van der Waals surface area contributed by atoms with E-state index in [1.165, 1.54) is 6.20 Å². The van der Waals surface area contributed by atoms with E-state index in [-0.39, 0.29) is 11.9 Å². The second kappa shape index (κ2) is 7.12. The average molecular weight is 336 g/mol. The van der Waals surface area contributed by atoms with Gasteiger partial charge in [-0.05, 0) is 19.9 Å².